The topological polar surface area (TPSA) is 56.5 Å². The van der Waals surface area contributed by atoms with Crippen LogP contribution in [0.4, 0.5) is 5.69 Å². The van der Waals surface area contributed by atoms with Crippen molar-refractivity contribution in [3.63, 3.8) is 0 Å². The predicted octanol–water partition coefficient (Wildman–Crippen LogP) is 5.81. The Kier molecular flexibility index (Phi) is 7.78. The minimum atomic E-state index is -0.227. The highest BCUT2D eigenvalue weighted by atomic mass is 16.5. The van der Waals surface area contributed by atoms with Crippen LogP contribution in [-0.4, -0.2) is 34.8 Å². The third kappa shape index (κ3) is 5.30. The number of ether oxygens (including phenoxy) is 1. The molecular weight excluding hydrogens is 474 g/mol. The molecule has 1 aliphatic rings. The first-order valence-electron chi connectivity index (χ1n) is 13.5. The van der Waals surface area contributed by atoms with E-state index in [2.05, 4.69) is 17.0 Å². The lowest BCUT2D eigenvalue weighted by molar-refractivity contribution is -0.146. The first-order chi connectivity index (χ1) is 18.6. The highest BCUT2D eigenvalue weighted by molar-refractivity contribution is 5.78. The van der Waals surface area contributed by atoms with Crippen molar-refractivity contribution in [1.29, 1.82) is 0 Å². The Bertz CT molecular complexity index is 1390. The minimum Gasteiger partial charge on any atom is -0.466 e. The number of hydrogen-bond donors (Lipinski definition) is 0. The number of nitrogens with zero attached hydrogens (tertiary/aromatic N) is 3. The van der Waals surface area contributed by atoms with E-state index in [9.17, 15) is 9.59 Å². The normalized spacial score (nSPS) is 15.7. The number of esters is 1. The fourth-order valence-corrected chi connectivity index (χ4v) is 5.58. The van der Waals surface area contributed by atoms with Gasteiger partial charge in [-0.2, -0.15) is 0 Å². The van der Waals surface area contributed by atoms with Gasteiger partial charge in [0.05, 0.1) is 24.3 Å². The van der Waals surface area contributed by atoms with Crippen molar-refractivity contribution >= 4 is 11.7 Å². The molecule has 2 heterocycles. The zero-order chi connectivity index (χ0) is 26.5. The second kappa shape index (κ2) is 11.5. The fourth-order valence-electron chi connectivity index (χ4n) is 5.58. The van der Waals surface area contributed by atoms with Crippen LogP contribution in [-0.2, 0) is 9.53 Å². The third-order valence-corrected chi connectivity index (χ3v) is 7.71. The maximum atomic E-state index is 13.2. The summed E-state index contributed by atoms with van der Waals surface area (Å²) in [4.78, 5) is 28.4. The number of benzene rings is 3. The predicted molar refractivity (Wildman–Crippen MR) is 151 cm³/mol. The Morgan fingerprint density at radius 3 is 2.03 bits per heavy atom. The lowest BCUT2D eigenvalue weighted by atomic mass is 9.80. The molecule has 6 heteroatoms. The van der Waals surface area contributed by atoms with Crippen molar-refractivity contribution < 1.29 is 9.53 Å². The Balaban J connectivity index is 1.27. The second-order valence-corrected chi connectivity index (χ2v) is 9.93. The van der Waals surface area contributed by atoms with Crippen molar-refractivity contribution in [2.75, 3.05) is 24.6 Å². The summed E-state index contributed by atoms with van der Waals surface area (Å²) in [7, 11) is 0. The second-order valence-electron chi connectivity index (χ2n) is 9.93. The van der Waals surface area contributed by atoms with Crippen LogP contribution in [0.2, 0.25) is 0 Å². The smallest absolute Gasteiger partial charge is 0.333 e. The van der Waals surface area contributed by atoms with Crippen LogP contribution >= 0.6 is 0 Å². The molecule has 196 valence electrons. The van der Waals surface area contributed by atoms with Crippen molar-refractivity contribution in [1.82, 2.24) is 9.13 Å². The van der Waals surface area contributed by atoms with Crippen LogP contribution in [0.25, 0.3) is 5.69 Å². The molecule has 2 atom stereocenters. The molecule has 1 aliphatic heterocycles. The number of hydrogen-bond acceptors (Lipinski definition) is 4. The average Bonchev–Trinajstić information content (AvgIpc) is 3.35. The molecular formula is C32H35N3O3. The number of piperidine rings is 1. The van der Waals surface area contributed by atoms with Crippen LogP contribution < -0.4 is 10.6 Å². The van der Waals surface area contributed by atoms with Crippen LogP contribution in [0.3, 0.4) is 0 Å². The first kappa shape index (κ1) is 25.6. The summed E-state index contributed by atoms with van der Waals surface area (Å²) in [6.07, 6.45) is 5.52. The van der Waals surface area contributed by atoms with Crippen molar-refractivity contribution in [2.45, 2.75) is 38.6 Å². The molecule has 1 saturated heterocycles. The standard InChI is InChI=1S/C32H35N3O3/c1-3-38-31(36)30(26-12-8-5-9-13-26)27-18-20-33(21-19-27)28-14-16-29(17-15-28)35-23-22-34(32(35)37)24(2)25-10-6-4-7-11-25/h4-17,22-24,27,30H,3,18-21H2,1-2H3/t24-,30?/m0/s1. The minimum absolute atomic E-state index is 0.0418. The van der Waals surface area contributed by atoms with Crippen LogP contribution in [0.5, 0.6) is 0 Å². The van der Waals surface area contributed by atoms with E-state index in [4.69, 9.17) is 4.74 Å². The molecule has 0 saturated carbocycles. The van der Waals surface area contributed by atoms with Gasteiger partial charge in [-0.3, -0.25) is 13.9 Å². The number of carbonyl (C=O) groups is 1. The van der Waals surface area contributed by atoms with Crippen LogP contribution in [0, 0.1) is 5.92 Å². The average molecular weight is 510 g/mol. The van der Waals surface area contributed by atoms with Gasteiger partial charge in [0, 0.05) is 31.2 Å². The lowest BCUT2D eigenvalue weighted by Gasteiger charge is -2.36. The summed E-state index contributed by atoms with van der Waals surface area (Å²) in [5, 5.41) is 0. The molecule has 5 rings (SSSR count). The summed E-state index contributed by atoms with van der Waals surface area (Å²) in [5.41, 5.74) is 4.06. The van der Waals surface area contributed by atoms with Crippen LogP contribution in [0.1, 0.15) is 49.8 Å². The van der Waals surface area contributed by atoms with E-state index in [1.165, 1.54) is 0 Å². The number of anilines is 1. The Labute approximate surface area is 224 Å². The Morgan fingerprint density at radius 2 is 1.42 bits per heavy atom. The highest BCUT2D eigenvalue weighted by Crippen LogP contribution is 2.35. The molecule has 38 heavy (non-hydrogen) atoms. The zero-order valence-corrected chi connectivity index (χ0v) is 22.1. The number of carbonyl (C=O) groups excluding carboxylic acids is 1. The lowest BCUT2D eigenvalue weighted by Crippen LogP contribution is -2.37. The van der Waals surface area contributed by atoms with E-state index in [0.29, 0.717) is 6.61 Å². The number of aromatic nitrogens is 2. The van der Waals surface area contributed by atoms with Gasteiger partial charge in [-0.1, -0.05) is 60.7 Å². The maximum Gasteiger partial charge on any atom is 0.333 e. The van der Waals surface area contributed by atoms with Crippen molar-refractivity contribution in [2.24, 2.45) is 5.92 Å². The zero-order valence-electron chi connectivity index (χ0n) is 22.1. The van der Waals surface area contributed by atoms with Gasteiger partial charge in [-0.05, 0) is 68.0 Å². The van der Waals surface area contributed by atoms with Crippen molar-refractivity contribution in [3.05, 3.63) is 119 Å². The van der Waals surface area contributed by atoms with Gasteiger partial charge in [-0.25, -0.2) is 4.79 Å². The monoisotopic (exact) mass is 509 g/mol. The highest BCUT2D eigenvalue weighted by Gasteiger charge is 2.33. The van der Waals surface area contributed by atoms with Gasteiger partial charge in [0.15, 0.2) is 0 Å². The summed E-state index contributed by atoms with van der Waals surface area (Å²) < 4.78 is 8.91. The molecule has 1 unspecified atom stereocenters. The largest absolute Gasteiger partial charge is 0.466 e. The van der Waals surface area contributed by atoms with Gasteiger partial charge in [-0.15, -0.1) is 0 Å². The maximum absolute atomic E-state index is 13.2. The van der Waals surface area contributed by atoms with E-state index < -0.39 is 0 Å². The molecule has 1 aromatic heterocycles. The summed E-state index contributed by atoms with van der Waals surface area (Å²) in [5.74, 6) is -0.104. The van der Waals surface area contributed by atoms with Gasteiger partial charge in [0.1, 0.15) is 0 Å². The van der Waals surface area contributed by atoms with E-state index in [1.54, 1.807) is 9.13 Å². The molecule has 6 nitrogen and oxygen atoms in total. The van der Waals surface area contributed by atoms with E-state index >= 15 is 0 Å². The molecule has 0 spiro atoms. The summed E-state index contributed by atoms with van der Waals surface area (Å²) in [6, 6.07) is 28.2. The van der Waals surface area contributed by atoms with Gasteiger partial charge in [0.25, 0.3) is 0 Å². The van der Waals surface area contributed by atoms with E-state index in [-0.39, 0.29) is 29.5 Å². The van der Waals surface area contributed by atoms with E-state index in [0.717, 1.165) is 48.4 Å². The molecule has 0 aliphatic carbocycles. The summed E-state index contributed by atoms with van der Waals surface area (Å²) >= 11 is 0. The quantitative estimate of drug-likeness (QED) is 0.281. The molecule has 0 amide bonds. The van der Waals surface area contributed by atoms with Crippen LogP contribution in [0.15, 0.2) is 102 Å². The fraction of sp³-hybridized carbons (Fsp3) is 0.312. The molecule has 0 N–H and O–H groups in total. The molecule has 3 aromatic carbocycles. The van der Waals surface area contributed by atoms with Gasteiger partial charge < -0.3 is 9.64 Å². The number of rotatable bonds is 8. The third-order valence-electron chi connectivity index (χ3n) is 7.71. The molecule has 4 aromatic rings. The summed E-state index contributed by atoms with van der Waals surface area (Å²) in [6.45, 7) is 6.04. The Hall–Kier alpha value is -4.06. The van der Waals surface area contributed by atoms with Crippen molar-refractivity contribution in [3.8, 4) is 5.69 Å². The van der Waals surface area contributed by atoms with E-state index in [1.807, 2.05) is 99.0 Å². The first-order valence-corrected chi connectivity index (χ1v) is 13.5. The SMILES string of the molecule is CCOC(=O)C(c1ccccc1)C1CCN(c2ccc(-n3ccn([C@@H](C)c4ccccc4)c3=O)cc2)CC1. The Morgan fingerprint density at radius 1 is 0.842 bits per heavy atom. The van der Waals surface area contributed by atoms with Gasteiger partial charge in [0.2, 0.25) is 0 Å². The molecule has 0 bridgehead atoms. The van der Waals surface area contributed by atoms with Gasteiger partial charge >= 0.3 is 11.7 Å². The molecule has 1 fully saturated rings. The number of imidazole rings is 1. The molecule has 0 radical (unpaired) electrons.